The molecular formula is C38H61BFNO6S. The molecule has 1 N–H and O–H groups in total. The van der Waals surface area contributed by atoms with Crippen molar-refractivity contribution in [3.8, 4) is 0 Å². The smallest absolute Gasteiger partial charge is 0.353 e. The number of carboxylic acids is 1. The Balaban J connectivity index is 1.24. The zero-order chi connectivity index (χ0) is 34.9. The Hall–Kier alpha value is -1.29. The lowest BCUT2D eigenvalue weighted by molar-refractivity contribution is -0.198. The van der Waals surface area contributed by atoms with Crippen molar-refractivity contribution >= 4 is 37.5 Å². The average Bonchev–Trinajstić information content (AvgIpc) is 3.15. The zero-order valence-corrected chi connectivity index (χ0v) is 31.3. The van der Waals surface area contributed by atoms with E-state index in [-0.39, 0.29) is 46.5 Å². The minimum atomic E-state index is -1.16. The van der Waals surface area contributed by atoms with E-state index in [2.05, 4.69) is 20.8 Å². The second kappa shape index (κ2) is 12.7. The fraction of sp³-hybridized carbons (Fsp3) is 0.921. The third-order valence-electron chi connectivity index (χ3n) is 15.9. The van der Waals surface area contributed by atoms with Crippen LogP contribution in [0.1, 0.15) is 125 Å². The molecule has 0 bridgehead atoms. The quantitative estimate of drug-likeness (QED) is 0.161. The number of aliphatic carboxylic acids is 1. The van der Waals surface area contributed by atoms with Gasteiger partial charge in [0.1, 0.15) is 6.10 Å². The number of carbonyl (C=O) groups excluding carboxylic acids is 2. The summed E-state index contributed by atoms with van der Waals surface area (Å²) in [6, 6.07) is 0. The lowest BCUT2D eigenvalue weighted by Crippen LogP contribution is -2.69. The standard InChI is InChI=1S/C38H61BFNO6S/c1-25-26-9-15-35(5)28(34(26,4)16-10-27(25)47-31(43)24-33(2,3)32(44)45)12-18-37(39(6)40)29(35)11-17-36(13-7-14-38(36,37)48)23-30(42)41-19-8-21-46-22-20-41/h25-29,48H,7-24H2,1-6H3,(H,44,45)/t25-,26?,27+,28?,29?,34+,35-,36-,37-,38-/m1/s1. The molecule has 6 rings (SSSR count). The highest BCUT2D eigenvalue weighted by atomic mass is 32.1. The van der Waals surface area contributed by atoms with Crippen molar-refractivity contribution in [2.45, 2.75) is 147 Å². The van der Waals surface area contributed by atoms with Gasteiger partial charge in [-0.25, -0.2) is 0 Å². The molecule has 6 aliphatic rings. The lowest BCUT2D eigenvalue weighted by atomic mass is 9.25. The number of nitrogens with zero attached hydrogens (tertiary/aromatic N) is 1. The molecule has 1 aliphatic heterocycles. The van der Waals surface area contributed by atoms with Crippen LogP contribution < -0.4 is 0 Å². The van der Waals surface area contributed by atoms with Crippen molar-refractivity contribution in [2.24, 2.45) is 45.3 Å². The Bertz CT molecular complexity index is 1280. The van der Waals surface area contributed by atoms with Crippen molar-refractivity contribution in [1.82, 2.24) is 4.90 Å². The van der Waals surface area contributed by atoms with Crippen LogP contribution in [0.15, 0.2) is 0 Å². The molecule has 0 aromatic heterocycles. The van der Waals surface area contributed by atoms with Gasteiger partial charge in [0.05, 0.1) is 18.4 Å². The molecule has 0 radical (unpaired) electrons. The van der Waals surface area contributed by atoms with Gasteiger partial charge in [-0.15, -0.1) is 0 Å². The summed E-state index contributed by atoms with van der Waals surface area (Å²) in [5, 5.41) is 8.96. The Morgan fingerprint density at radius 1 is 0.958 bits per heavy atom. The number of hydrogen-bond donors (Lipinski definition) is 2. The van der Waals surface area contributed by atoms with Crippen LogP contribution >= 0.6 is 12.6 Å². The molecular weight excluding hydrogens is 628 g/mol. The molecule has 6 fully saturated rings. The molecule has 5 saturated carbocycles. The van der Waals surface area contributed by atoms with Crippen LogP contribution in [-0.4, -0.2) is 72.0 Å². The highest BCUT2D eigenvalue weighted by molar-refractivity contribution is 7.82. The third kappa shape index (κ3) is 5.41. The van der Waals surface area contributed by atoms with E-state index in [0.717, 1.165) is 83.6 Å². The van der Waals surface area contributed by atoms with Gasteiger partial charge >= 0.3 is 18.9 Å². The Morgan fingerprint density at radius 3 is 2.38 bits per heavy atom. The summed E-state index contributed by atoms with van der Waals surface area (Å²) in [6.45, 7) is 13.8. The number of amides is 1. The van der Waals surface area contributed by atoms with Crippen LogP contribution in [0.4, 0.5) is 4.32 Å². The fourth-order valence-corrected chi connectivity index (χ4v) is 14.4. The van der Waals surface area contributed by atoms with E-state index in [9.17, 15) is 19.5 Å². The molecule has 270 valence electrons. The number of rotatable bonds is 7. The number of carboxylic acid groups (broad SMARTS) is 1. The Morgan fingerprint density at radius 2 is 1.67 bits per heavy atom. The molecule has 3 unspecified atom stereocenters. The van der Waals surface area contributed by atoms with Gasteiger partial charge < -0.3 is 23.8 Å². The summed E-state index contributed by atoms with van der Waals surface area (Å²) in [6.07, 6.45) is 11.3. The van der Waals surface area contributed by atoms with Crippen LogP contribution in [-0.2, 0) is 23.9 Å². The predicted octanol–water partition coefficient (Wildman–Crippen LogP) is 7.88. The number of thiol groups is 1. The summed E-state index contributed by atoms with van der Waals surface area (Å²) in [5.74, 6) is -0.00687. The van der Waals surface area contributed by atoms with Gasteiger partial charge in [0.2, 0.25) is 5.91 Å². The van der Waals surface area contributed by atoms with Crippen LogP contribution in [0.5, 0.6) is 0 Å². The number of esters is 1. The van der Waals surface area contributed by atoms with Gasteiger partial charge in [0.15, 0.2) is 0 Å². The van der Waals surface area contributed by atoms with Crippen LogP contribution in [0, 0.1) is 45.3 Å². The summed E-state index contributed by atoms with van der Waals surface area (Å²) < 4.78 is 28.0. The molecule has 1 saturated heterocycles. The molecule has 0 spiro atoms. The molecule has 1 amide bonds. The highest BCUT2D eigenvalue weighted by Gasteiger charge is 2.76. The monoisotopic (exact) mass is 689 g/mol. The van der Waals surface area contributed by atoms with E-state index in [0.29, 0.717) is 38.0 Å². The largest absolute Gasteiger partial charge is 0.481 e. The molecule has 10 heteroatoms. The normalized spacial score (nSPS) is 44.3. The van der Waals surface area contributed by atoms with Gasteiger partial charge in [-0.05, 0) is 130 Å². The summed E-state index contributed by atoms with van der Waals surface area (Å²) in [5.41, 5.74) is -1.42. The minimum Gasteiger partial charge on any atom is -0.481 e. The first-order valence-electron chi connectivity index (χ1n) is 19.1. The topological polar surface area (TPSA) is 93.1 Å². The van der Waals surface area contributed by atoms with Crippen molar-refractivity contribution in [3.63, 3.8) is 0 Å². The Labute approximate surface area is 294 Å². The van der Waals surface area contributed by atoms with Crippen molar-refractivity contribution in [2.75, 3.05) is 26.3 Å². The Kier molecular flexibility index (Phi) is 9.69. The van der Waals surface area contributed by atoms with Crippen molar-refractivity contribution in [1.29, 1.82) is 0 Å². The van der Waals surface area contributed by atoms with E-state index in [1.54, 1.807) is 20.7 Å². The summed E-state index contributed by atoms with van der Waals surface area (Å²) in [7, 11) is 0. The lowest BCUT2D eigenvalue weighted by Gasteiger charge is -2.73. The second-order valence-electron chi connectivity index (χ2n) is 18.3. The first kappa shape index (κ1) is 36.5. The fourth-order valence-electron chi connectivity index (χ4n) is 13.5. The van der Waals surface area contributed by atoms with E-state index >= 15 is 4.32 Å². The van der Waals surface area contributed by atoms with E-state index < -0.39 is 34.4 Å². The predicted molar refractivity (Wildman–Crippen MR) is 189 cm³/mol. The maximum atomic E-state index is 16.8. The average molecular weight is 690 g/mol. The van der Waals surface area contributed by atoms with Gasteiger partial charge in [-0.1, -0.05) is 34.0 Å². The SMILES string of the molecule is CB(F)[C@]12CCC3[C@@]4(C)CC[C@H](OC(=O)CC(C)(C)C(=O)O)[C@H](C)C4CC[C@@]3(C)C1CC[C@@]1(CC(=O)N3CCCOCC3)CCC[C@@]12S. The molecule has 1 heterocycles. The minimum absolute atomic E-state index is 0.0325. The van der Waals surface area contributed by atoms with E-state index in [1.807, 2.05) is 4.90 Å². The van der Waals surface area contributed by atoms with Crippen molar-refractivity contribution < 1.29 is 33.3 Å². The van der Waals surface area contributed by atoms with Gasteiger partial charge in [0.25, 0.3) is 0 Å². The number of hydrogen-bond acceptors (Lipinski definition) is 6. The maximum absolute atomic E-state index is 16.8. The number of carbonyl (C=O) groups is 3. The molecule has 10 atom stereocenters. The van der Waals surface area contributed by atoms with Crippen LogP contribution in [0.2, 0.25) is 12.1 Å². The van der Waals surface area contributed by atoms with Crippen LogP contribution in [0.3, 0.4) is 0 Å². The molecule has 5 aliphatic carbocycles. The number of halogens is 1. The van der Waals surface area contributed by atoms with Gasteiger partial charge in [-0.3, -0.25) is 14.4 Å². The first-order chi connectivity index (χ1) is 22.5. The van der Waals surface area contributed by atoms with E-state index in [1.165, 1.54) is 0 Å². The number of fused-ring (bicyclic) bond motifs is 7. The maximum Gasteiger partial charge on any atom is 0.353 e. The van der Waals surface area contributed by atoms with Crippen molar-refractivity contribution in [3.05, 3.63) is 0 Å². The van der Waals surface area contributed by atoms with Gasteiger partial charge in [0, 0.05) is 30.9 Å². The molecule has 0 aromatic carbocycles. The summed E-state index contributed by atoms with van der Waals surface area (Å²) in [4.78, 5) is 40.5. The third-order valence-corrected chi connectivity index (χ3v) is 17.0. The van der Waals surface area contributed by atoms with Crippen LogP contribution in [0.25, 0.3) is 0 Å². The second-order valence-corrected chi connectivity index (χ2v) is 19.1. The van der Waals surface area contributed by atoms with Gasteiger partial charge in [-0.2, -0.15) is 12.6 Å². The molecule has 7 nitrogen and oxygen atoms in total. The molecule has 48 heavy (non-hydrogen) atoms. The molecule has 0 aromatic rings. The summed E-state index contributed by atoms with van der Waals surface area (Å²) >= 11 is 5.69. The first-order valence-corrected chi connectivity index (χ1v) is 19.6. The highest BCUT2D eigenvalue weighted by Crippen LogP contribution is 2.81. The zero-order valence-electron chi connectivity index (χ0n) is 30.5. The van der Waals surface area contributed by atoms with E-state index in [4.69, 9.17) is 22.1 Å². The number of ether oxygens (including phenoxy) is 2.